The normalized spacial score (nSPS) is 22.4. The Balaban J connectivity index is 2.11. The highest BCUT2D eigenvalue weighted by Crippen LogP contribution is 2.34. The Labute approximate surface area is 116 Å². The van der Waals surface area contributed by atoms with Crippen molar-refractivity contribution in [1.82, 2.24) is 0 Å². The zero-order chi connectivity index (χ0) is 13.8. The van der Waals surface area contributed by atoms with E-state index in [2.05, 4.69) is 12.2 Å². The molecule has 104 valence electrons. The highest BCUT2D eigenvalue weighted by atomic mass is 32.2. The van der Waals surface area contributed by atoms with Crippen molar-refractivity contribution in [1.29, 1.82) is 0 Å². The molecule has 19 heavy (non-hydrogen) atoms. The van der Waals surface area contributed by atoms with E-state index in [4.69, 9.17) is 4.74 Å². The lowest BCUT2D eigenvalue weighted by Gasteiger charge is -2.15. The monoisotopic (exact) mass is 282 g/mol. The number of hydrogen-bond acceptors (Lipinski definition) is 5. The van der Waals surface area contributed by atoms with E-state index in [-0.39, 0.29) is 16.7 Å². The van der Waals surface area contributed by atoms with Gasteiger partial charge >= 0.3 is 0 Å². The molecule has 1 aromatic carbocycles. The number of hydrogen-bond donors (Lipinski definition) is 1. The van der Waals surface area contributed by atoms with Crippen molar-refractivity contribution in [2.75, 3.05) is 19.0 Å². The minimum absolute atomic E-state index is 0.135. The SMILES string of the molecule is CNc1c(CSC2CCOC2C)cccc1[N+](=O)[O-]. The van der Waals surface area contributed by atoms with Crippen molar-refractivity contribution in [2.45, 2.75) is 30.5 Å². The fourth-order valence-corrected chi connectivity index (χ4v) is 3.52. The molecule has 0 aliphatic carbocycles. The van der Waals surface area contributed by atoms with Gasteiger partial charge in [0.1, 0.15) is 5.69 Å². The summed E-state index contributed by atoms with van der Waals surface area (Å²) in [5.41, 5.74) is 1.73. The molecule has 2 atom stereocenters. The number of benzene rings is 1. The molecule has 1 heterocycles. The Hall–Kier alpha value is -1.27. The van der Waals surface area contributed by atoms with Crippen molar-refractivity contribution >= 4 is 23.1 Å². The number of nitrogens with zero attached hydrogens (tertiary/aromatic N) is 1. The van der Waals surface area contributed by atoms with Gasteiger partial charge in [-0.1, -0.05) is 12.1 Å². The fourth-order valence-electron chi connectivity index (χ4n) is 2.28. The second kappa shape index (κ2) is 6.25. The van der Waals surface area contributed by atoms with Crippen molar-refractivity contribution in [2.24, 2.45) is 0 Å². The summed E-state index contributed by atoms with van der Waals surface area (Å²) in [6.45, 7) is 2.89. The van der Waals surface area contributed by atoms with E-state index in [0.29, 0.717) is 10.9 Å². The van der Waals surface area contributed by atoms with Crippen molar-refractivity contribution < 1.29 is 9.66 Å². The average Bonchev–Trinajstić information content (AvgIpc) is 2.81. The summed E-state index contributed by atoms with van der Waals surface area (Å²) in [5.74, 6) is 0.760. The van der Waals surface area contributed by atoms with Crippen molar-refractivity contribution in [3.63, 3.8) is 0 Å². The summed E-state index contributed by atoms with van der Waals surface area (Å²) in [7, 11) is 1.72. The topological polar surface area (TPSA) is 64.4 Å². The number of nitrogens with one attached hydrogen (secondary N) is 1. The van der Waals surface area contributed by atoms with Crippen LogP contribution in [0.5, 0.6) is 0 Å². The van der Waals surface area contributed by atoms with Crippen molar-refractivity contribution in [3.8, 4) is 0 Å². The third-order valence-corrected chi connectivity index (χ3v) is 4.86. The number of ether oxygens (including phenoxy) is 1. The molecule has 1 N–H and O–H groups in total. The van der Waals surface area contributed by atoms with Crippen LogP contribution in [0.15, 0.2) is 18.2 Å². The summed E-state index contributed by atoms with van der Waals surface area (Å²) in [6.07, 6.45) is 1.32. The first-order valence-electron chi connectivity index (χ1n) is 6.30. The molecule has 2 rings (SSSR count). The van der Waals surface area contributed by atoms with Gasteiger partial charge in [0.2, 0.25) is 0 Å². The number of rotatable bonds is 5. The lowest BCUT2D eigenvalue weighted by Crippen LogP contribution is -2.13. The van der Waals surface area contributed by atoms with Crippen LogP contribution in [-0.4, -0.2) is 29.9 Å². The van der Waals surface area contributed by atoms with Gasteiger partial charge < -0.3 is 10.1 Å². The smallest absolute Gasteiger partial charge is 0.292 e. The lowest BCUT2D eigenvalue weighted by atomic mass is 10.1. The molecule has 2 unspecified atom stereocenters. The molecule has 1 fully saturated rings. The summed E-state index contributed by atoms with van der Waals surface area (Å²) in [4.78, 5) is 10.6. The molecule has 0 amide bonds. The van der Waals surface area contributed by atoms with Crippen LogP contribution in [0.25, 0.3) is 0 Å². The second-order valence-electron chi connectivity index (χ2n) is 4.53. The molecule has 1 aliphatic heterocycles. The Morgan fingerprint density at radius 2 is 2.37 bits per heavy atom. The molecule has 1 saturated heterocycles. The zero-order valence-electron chi connectivity index (χ0n) is 11.1. The third kappa shape index (κ3) is 3.19. The second-order valence-corrected chi connectivity index (χ2v) is 5.76. The highest BCUT2D eigenvalue weighted by molar-refractivity contribution is 7.99. The van der Waals surface area contributed by atoms with Crippen LogP contribution in [-0.2, 0) is 10.5 Å². The van der Waals surface area contributed by atoms with Gasteiger partial charge in [-0.05, 0) is 18.9 Å². The maximum absolute atomic E-state index is 11.0. The summed E-state index contributed by atoms with van der Waals surface area (Å²) in [5, 5.41) is 14.4. The van der Waals surface area contributed by atoms with E-state index in [1.807, 2.05) is 17.8 Å². The first kappa shape index (κ1) is 14.1. The predicted octanol–water partition coefficient (Wildman–Crippen LogP) is 3.05. The van der Waals surface area contributed by atoms with E-state index in [1.54, 1.807) is 13.1 Å². The van der Waals surface area contributed by atoms with Crippen LogP contribution >= 0.6 is 11.8 Å². The Kier molecular flexibility index (Phi) is 4.66. The zero-order valence-corrected chi connectivity index (χ0v) is 11.9. The molecule has 0 saturated carbocycles. The molecule has 1 aromatic rings. The molecule has 1 aliphatic rings. The Morgan fingerprint density at radius 3 is 2.95 bits per heavy atom. The molecule has 5 nitrogen and oxygen atoms in total. The summed E-state index contributed by atoms with van der Waals surface area (Å²) >= 11 is 1.81. The number of para-hydroxylation sites is 1. The minimum atomic E-state index is -0.346. The van der Waals surface area contributed by atoms with Crippen LogP contribution < -0.4 is 5.32 Å². The fraction of sp³-hybridized carbons (Fsp3) is 0.538. The molecule has 0 aromatic heterocycles. The number of nitro benzene ring substituents is 1. The third-order valence-electron chi connectivity index (χ3n) is 3.34. The van der Waals surface area contributed by atoms with Crippen LogP contribution in [0, 0.1) is 10.1 Å². The first-order valence-corrected chi connectivity index (χ1v) is 7.35. The number of nitro groups is 1. The van der Waals surface area contributed by atoms with Gasteiger partial charge in [-0.25, -0.2) is 0 Å². The maximum Gasteiger partial charge on any atom is 0.292 e. The van der Waals surface area contributed by atoms with Gasteiger partial charge in [-0.15, -0.1) is 0 Å². The van der Waals surface area contributed by atoms with Crippen LogP contribution in [0.2, 0.25) is 0 Å². The summed E-state index contributed by atoms with van der Waals surface area (Å²) in [6, 6.07) is 5.21. The molecule has 0 spiro atoms. The van der Waals surface area contributed by atoms with E-state index < -0.39 is 0 Å². The number of thioether (sulfide) groups is 1. The van der Waals surface area contributed by atoms with E-state index in [9.17, 15) is 10.1 Å². The van der Waals surface area contributed by atoms with Gasteiger partial charge in [0.05, 0.1) is 11.0 Å². The molecule has 0 bridgehead atoms. The Morgan fingerprint density at radius 1 is 1.58 bits per heavy atom. The average molecular weight is 282 g/mol. The molecule has 0 radical (unpaired) electrons. The standard InChI is InChI=1S/C13H18N2O3S/c1-9-12(6-7-18-9)19-8-10-4-3-5-11(15(16)17)13(10)14-2/h3-5,9,12,14H,6-8H2,1-2H3. The quantitative estimate of drug-likeness (QED) is 0.664. The maximum atomic E-state index is 11.0. The van der Waals surface area contributed by atoms with Gasteiger partial charge in [-0.3, -0.25) is 10.1 Å². The minimum Gasteiger partial charge on any atom is -0.382 e. The highest BCUT2D eigenvalue weighted by Gasteiger charge is 2.25. The van der Waals surface area contributed by atoms with Crippen molar-refractivity contribution in [3.05, 3.63) is 33.9 Å². The van der Waals surface area contributed by atoms with Gasteiger partial charge in [-0.2, -0.15) is 11.8 Å². The lowest BCUT2D eigenvalue weighted by molar-refractivity contribution is -0.384. The van der Waals surface area contributed by atoms with Gasteiger partial charge in [0.15, 0.2) is 0 Å². The van der Waals surface area contributed by atoms with Gasteiger partial charge in [0, 0.05) is 30.7 Å². The first-order chi connectivity index (χ1) is 9.13. The van der Waals surface area contributed by atoms with E-state index in [1.165, 1.54) is 6.07 Å². The van der Waals surface area contributed by atoms with Crippen LogP contribution in [0.4, 0.5) is 11.4 Å². The largest absolute Gasteiger partial charge is 0.382 e. The Bertz CT molecular complexity index is 467. The number of anilines is 1. The molecular formula is C13H18N2O3S. The van der Waals surface area contributed by atoms with Crippen LogP contribution in [0.1, 0.15) is 18.9 Å². The molecular weight excluding hydrogens is 264 g/mol. The van der Waals surface area contributed by atoms with E-state index >= 15 is 0 Å². The summed E-state index contributed by atoms with van der Waals surface area (Å²) < 4.78 is 5.53. The predicted molar refractivity (Wildman–Crippen MR) is 77.8 cm³/mol. The van der Waals surface area contributed by atoms with Crippen LogP contribution in [0.3, 0.4) is 0 Å². The van der Waals surface area contributed by atoms with Gasteiger partial charge in [0.25, 0.3) is 5.69 Å². The molecule has 6 heteroatoms. The van der Waals surface area contributed by atoms with E-state index in [0.717, 1.165) is 24.3 Å².